The smallest absolute Gasteiger partial charge is 0.210 e. The van der Waals surface area contributed by atoms with Gasteiger partial charge in [-0.1, -0.05) is 0 Å². The number of carbonyl (C=O) groups is 1. The maximum Gasteiger partial charge on any atom is 0.210 e. The van der Waals surface area contributed by atoms with Crippen LogP contribution in [-0.4, -0.2) is 11.4 Å². The lowest BCUT2D eigenvalue weighted by molar-refractivity contribution is 0.0685. The molecule has 0 saturated heterocycles. The molecule has 2 N–H and O–H groups in total. The molecule has 74 valence electrons. The molecule has 0 saturated carbocycles. The predicted octanol–water partition coefficient (Wildman–Crippen LogP) is 2.39. The summed E-state index contributed by atoms with van der Waals surface area (Å²) < 4.78 is 6.25. The molecule has 0 amide bonds. The van der Waals surface area contributed by atoms with E-state index >= 15 is 0 Å². The standard InChI is InChI=1S/C10H10BrNO2/c1-10(2)9(13)7-5(11)3-4-6(12)8(7)14-10/h3-4H,12H2,1-2H3. The second-order valence-corrected chi connectivity index (χ2v) is 4.64. The van der Waals surface area contributed by atoms with Gasteiger partial charge in [-0.15, -0.1) is 0 Å². The lowest BCUT2D eigenvalue weighted by atomic mass is 10.00. The SMILES string of the molecule is CC1(C)Oc2c(N)ccc(Br)c2C1=O. The molecule has 0 aromatic heterocycles. The molecule has 2 rings (SSSR count). The monoisotopic (exact) mass is 255 g/mol. The van der Waals surface area contributed by atoms with E-state index < -0.39 is 5.60 Å². The topological polar surface area (TPSA) is 52.3 Å². The van der Waals surface area contributed by atoms with Gasteiger partial charge in [0.1, 0.15) is 0 Å². The van der Waals surface area contributed by atoms with Crippen molar-refractivity contribution < 1.29 is 9.53 Å². The summed E-state index contributed by atoms with van der Waals surface area (Å²) in [7, 11) is 0. The lowest BCUT2D eigenvalue weighted by Gasteiger charge is -2.15. The predicted molar refractivity (Wildman–Crippen MR) is 57.6 cm³/mol. The van der Waals surface area contributed by atoms with Crippen molar-refractivity contribution in [3.63, 3.8) is 0 Å². The first kappa shape index (κ1) is 9.52. The van der Waals surface area contributed by atoms with Gasteiger partial charge in [-0.3, -0.25) is 4.79 Å². The quantitative estimate of drug-likeness (QED) is 0.725. The molecule has 1 aliphatic rings. The van der Waals surface area contributed by atoms with Crippen LogP contribution in [0.4, 0.5) is 5.69 Å². The Morgan fingerprint density at radius 3 is 2.64 bits per heavy atom. The van der Waals surface area contributed by atoms with Crippen LogP contribution in [0.5, 0.6) is 5.75 Å². The van der Waals surface area contributed by atoms with Crippen LogP contribution in [0, 0.1) is 0 Å². The van der Waals surface area contributed by atoms with Crippen LogP contribution in [0.2, 0.25) is 0 Å². The number of ether oxygens (including phenoxy) is 1. The highest BCUT2D eigenvalue weighted by Gasteiger charge is 2.42. The van der Waals surface area contributed by atoms with E-state index in [-0.39, 0.29) is 5.78 Å². The number of Topliss-reactive ketones (excluding diaryl/α,β-unsaturated/α-hetero) is 1. The summed E-state index contributed by atoms with van der Waals surface area (Å²) in [6.45, 7) is 3.47. The molecule has 0 radical (unpaired) electrons. The van der Waals surface area contributed by atoms with E-state index in [1.807, 2.05) is 0 Å². The summed E-state index contributed by atoms with van der Waals surface area (Å²) in [5, 5.41) is 0. The number of halogens is 1. The molecule has 1 aromatic rings. The maximum absolute atomic E-state index is 11.9. The molecule has 0 atom stereocenters. The molecule has 0 bridgehead atoms. The van der Waals surface area contributed by atoms with Crippen molar-refractivity contribution in [2.24, 2.45) is 0 Å². The van der Waals surface area contributed by atoms with Crippen LogP contribution in [0.25, 0.3) is 0 Å². The Morgan fingerprint density at radius 2 is 2.07 bits per heavy atom. The van der Waals surface area contributed by atoms with Crippen molar-refractivity contribution in [1.29, 1.82) is 0 Å². The number of anilines is 1. The van der Waals surface area contributed by atoms with Gasteiger partial charge in [0.05, 0.1) is 11.3 Å². The Bertz CT molecular complexity index is 426. The number of hydrogen-bond donors (Lipinski definition) is 1. The van der Waals surface area contributed by atoms with E-state index in [9.17, 15) is 4.79 Å². The molecule has 0 unspecified atom stereocenters. The minimum Gasteiger partial charge on any atom is -0.477 e. The maximum atomic E-state index is 11.9. The van der Waals surface area contributed by atoms with Crippen LogP contribution >= 0.6 is 15.9 Å². The van der Waals surface area contributed by atoms with E-state index in [1.54, 1.807) is 26.0 Å². The van der Waals surface area contributed by atoms with Crippen molar-refractivity contribution >= 4 is 27.4 Å². The molecule has 0 fully saturated rings. The first-order valence-corrected chi connectivity index (χ1v) is 5.04. The lowest BCUT2D eigenvalue weighted by Crippen LogP contribution is -2.32. The normalized spacial score (nSPS) is 17.8. The highest BCUT2D eigenvalue weighted by atomic mass is 79.9. The second-order valence-electron chi connectivity index (χ2n) is 3.78. The number of benzene rings is 1. The molecule has 0 spiro atoms. The Balaban J connectivity index is 2.70. The molecule has 1 aromatic carbocycles. The number of nitrogen functional groups attached to an aromatic ring is 1. The molecule has 3 nitrogen and oxygen atoms in total. The fraction of sp³-hybridized carbons (Fsp3) is 0.300. The summed E-state index contributed by atoms with van der Waals surface area (Å²) >= 11 is 3.32. The Hall–Kier alpha value is -1.03. The Morgan fingerprint density at radius 1 is 1.43 bits per heavy atom. The number of nitrogens with two attached hydrogens (primary N) is 1. The number of ketones is 1. The van der Waals surface area contributed by atoms with E-state index in [0.717, 1.165) is 4.47 Å². The summed E-state index contributed by atoms with van der Waals surface area (Å²) in [6.07, 6.45) is 0. The molecular formula is C10H10BrNO2. The number of fused-ring (bicyclic) bond motifs is 1. The van der Waals surface area contributed by atoms with Gasteiger partial charge in [0.15, 0.2) is 11.4 Å². The van der Waals surface area contributed by atoms with Gasteiger partial charge < -0.3 is 10.5 Å². The van der Waals surface area contributed by atoms with E-state index in [0.29, 0.717) is 17.0 Å². The number of rotatable bonds is 0. The van der Waals surface area contributed by atoms with E-state index in [4.69, 9.17) is 10.5 Å². The molecule has 4 heteroatoms. The van der Waals surface area contributed by atoms with Gasteiger partial charge in [-0.2, -0.15) is 0 Å². The summed E-state index contributed by atoms with van der Waals surface area (Å²) in [5.41, 5.74) is 5.97. The molecule has 0 aliphatic carbocycles. The average Bonchev–Trinajstić information content (AvgIpc) is 2.33. The zero-order valence-electron chi connectivity index (χ0n) is 7.93. The number of carbonyl (C=O) groups excluding carboxylic acids is 1. The van der Waals surface area contributed by atoms with Crippen LogP contribution in [-0.2, 0) is 0 Å². The van der Waals surface area contributed by atoms with E-state index in [1.165, 1.54) is 0 Å². The first-order chi connectivity index (χ1) is 6.43. The summed E-state index contributed by atoms with van der Waals surface area (Å²) in [6, 6.07) is 3.48. The van der Waals surface area contributed by atoms with Gasteiger partial charge in [-0.05, 0) is 41.9 Å². The third-order valence-electron chi connectivity index (χ3n) is 2.27. The fourth-order valence-electron chi connectivity index (χ4n) is 1.50. The summed E-state index contributed by atoms with van der Waals surface area (Å²) in [4.78, 5) is 11.9. The van der Waals surface area contributed by atoms with E-state index in [2.05, 4.69) is 15.9 Å². The Labute approximate surface area is 90.4 Å². The Kier molecular flexibility index (Phi) is 1.86. The molecule has 14 heavy (non-hydrogen) atoms. The first-order valence-electron chi connectivity index (χ1n) is 4.25. The third kappa shape index (κ3) is 1.14. The highest BCUT2D eigenvalue weighted by molar-refractivity contribution is 9.10. The van der Waals surface area contributed by atoms with Gasteiger partial charge in [0.25, 0.3) is 0 Å². The van der Waals surface area contributed by atoms with Gasteiger partial charge in [-0.25, -0.2) is 0 Å². The van der Waals surface area contributed by atoms with Crippen molar-refractivity contribution in [2.45, 2.75) is 19.4 Å². The fourth-order valence-corrected chi connectivity index (χ4v) is 1.99. The number of hydrogen-bond acceptors (Lipinski definition) is 3. The van der Waals surface area contributed by atoms with Gasteiger partial charge in [0.2, 0.25) is 5.78 Å². The zero-order chi connectivity index (χ0) is 10.5. The molecular weight excluding hydrogens is 246 g/mol. The van der Waals surface area contributed by atoms with Gasteiger partial charge in [0, 0.05) is 4.47 Å². The van der Waals surface area contributed by atoms with Crippen molar-refractivity contribution in [3.05, 3.63) is 22.2 Å². The van der Waals surface area contributed by atoms with Crippen LogP contribution in [0.15, 0.2) is 16.6 Å². The van der Waals surface area contributed by atoms with Gasteiger partial charge >= 0.3 is 0 Å². The van der Waals surface area contributed by atoms with Crippen LogP contribution in [0.1, 0.15) is 24.2 Å². The van der Waals surface area contributed by atoms with Crippen molar-refractivity contribution in [2.75, 3.05) is 5.73 Å². The zero-order valence-corrected chi connectivity index (χ0v) is 9.51. The molecule has 1 aliphatic heterocycles. The van der Waals surface area contributed by atoms with Crippen LogP contribution in [0.3, 0.4) is 0 Å². The minimum atomic E-state index is -0.805. The minimum absolute atomic E-state index is 0.0355. The van der Waals surface area contributed by atoms with Crippen molar-refractivity contribution in [3.8, 4) is 5.75 Å². The van der Waals surface area contributed by atoms with Crippen molar-refractivity contribution in [1.82, 2.24) is 0 Å². The molecule has 1 heterocycles. The third-order valence-corrected chi connectivity index (χ3v) is 2.93. The highest BCUT2D eigenvalue weighted by Crippen LogP contribution is 2.42. The van der Waals surface area contributed by atoms with Crippen LogP contribution < -0.4 is 10.5 Å². The average molecular weight is 256 g/mol. The largest absolute Gasteiger partial charge is 0.477 e. The second kappa shape index (κ2) is 2.73. The summed E-state index contributed by atoms with van der Waals surface area (Å²) in [5.74, 6) is 0.459.